The molecule has 3 rings (SSSR count). The predicted octanol–water partition coefficient (Wildman–Crippen LogP) is 3.60. The van der Waals surface area contributed by atoms with E-state index in [0.717, 1.165) is 17.5 Å². The minimum Gasteiger partial charge on any atom is -0.460 e. The second kappa shape index (κ2) is 6.31. The Morgan fingerprint density at radius 1 is 1.24 bits per heavy atom. The van der Waals surface area contributed by atoms with Crippen molar-refractivity contribution in [1.29, 1.82) is 0 Å². The zero-order valence-electron chi connectivity index (χ0n) is 12.4. The van der Waals surface area contributed by atoms with Gasteiger partial charge in [0.1, 0.15) is 5.58 Å². The Morgan fingerprint density at radius 3 is 2.81 bits per heavy atom. The minimum absolute atomic E-state index is 0.280. The summed E-state index contributed by atoms with van der Waals surface area (Å²) in [5.41, 5.74) is 1.99. The van der Waals surface area contributed by atoms with Crippen molar-refractivity contribution < 1.29 is 13.9 Å². The summed E-state index contributed by atoms with van der Waals surface area (Å²) >= 11 is 0. The molecule has 0 bridgehead atoms. The molecular weight excluding hydrogens is 266 g/mol. The highest BCUT2D eigenvalue weighted by Gasteiger charge is 2.15. The van der Waals surface area contributed by atoms with Gasteiger partial charge in [-0.1, -0.05) is 18.6 Å². The number of rotatable bonds is 4. The third-order valence-corrected chi connectivity index (χ3v) is 3.92. The highest BCUT2D eigenvalue weighted by Crippen LogP contribution is 2.23. The Morgan fingerprint density at radius 2 is 2.05 bits per heavy atom. The molecule has 2 aromatic rings. The fourth-order valence-electron chi connectivity index (χ4n) is 2.85. The molecule has 1 aromatic carbocycles. The van der Waals surface area contributed by atoms with Gasteiger partial charge in [0.25, 0.3) is 0 Å². The minimum atomic E-state index is -0.397. The molecule has 0 atom stereocenters. The lowest BCUT2D eigenvalue weighted by Crippen LogP contribution is -2.28. The van der Waals surface area contributed by atoms with Crippen LogP contribution in [0, 0.1) is 0 Å². The van der Waals surface area contributed by atoms with Gasteiger partial charge in [-0.3, -0.25) is 4.90 Å². The highest BCUT2D eigenvalue weighted by molar-refractivity contribution is 5.92. The lowest BCUT2D eigenvalue weighted by molar-refractivity contribution is 0.0492. The second-order valence-corrected chi connectivity index (χ2v) is 5.54. The van der Waals surface area contributed by atoms with Gasteiger partial charge in [-0.25, -0.2) is 4.79 Å². The maximum atomic E-state index is 11.7. The third-order valence-electron chi connectivity index (χ3n) is 3.92. The number of carbonyl (C=O) groups is 1. The molecule has 0 saturated carbocycles. The molecule has 1 aromatic heterocycles. The van der Waals surface area contributed by atoms with Crippen LogP contribution >= 0.6 is 0 Å². The van der Waals surface area contributed by atoms with Crippen LogP contribution in [0.15, 0.2) is 28.7 Å². The molecule has 21 heavy (non-hydrogen) atoms. The van der Waals surface area contributed by atoms with Crippen molar-refractivity contribution in [3.8, 4) is 0 Å². The van der Waals surface area contributed by atoms with Gasteiger partial charge in [0.2, 0.25) is 5.76 Å². The van der Waals surface area contributed by atoms with Gasteiger partial charge >= 0.3 is 5.97 Å². The van der Waals surface area contributed by atoms with Crippen LogP contribution in [0.2, 0.25) is 0 Å². The third kappa shape index (κ3) is 3.27. The number of carbonyl (C=O) groups excluding carboxylic acids is 1. The topological polar surface area (TPSA) is 42.7 Å². The first-order valence-corrected chi connectivity index (χ1v) is 7.68. The largest absolute Gasteiger partial charge is 0.460 e. The van der Waals surface area contributed by atoms with Crippen molar-refractivity contribution in [3.05, 3.63) is 35.6 Å². The summed E-state index contributed by atoms with van der Waals surface area (Å²) in [5.74, 6) is -0.117. The van der Waals surface area contributed by atoms with Crippen LogP contribution < -0.4 is 0 Å². The van der Waals surface area contributed by atoms with Crippen LogP contribution in [0.3, 0.4) is 0 Å². The molecule has 4 heteroatoms. The summed E-state index contributed by atoms with van der Waals surface area (Å²) in [6.45, 7) is 5.44. The summed E-state index contributed by atoms with van der Waals surface area (Å²) in [6, 6.07) is 7.91. The Hall–Kier alpha value is -1.81. The van der Waals surface area contributed by atoms with Gasteiger partial charge in [0, 0.05) is 11.9 Å². The number of benzene rings is 1. The van der Waals surface area contributed by atoms with Crippen LogP contribution in [0.5, 0.6) is 0 Å². The lowest BCUT2D eigenvalue weighted by atomic mass is 10.1. The molecular formula is C17H21NO3. The Balaban J connectivity index is 1.77. The number of piperidine rings is 1. The van der Waals surface area contributed by atoms with Crippen molar-refractivity contribution in [1.82, 2.24) is 4.90 Å². The zero-order valence-corrected chi connectivity index (χ0v) is 12.4. The van der Waals surface area contributed by atoms with Gasteiger partial charge in [0.05, 0.1) is 6.61 Å². The fourth-order valence-corrected chi connectivity index (χ4v) is 2.85. The molecule has 0 unspecified atom stereocenters. The van der Waals surface area contributed by atoms with Crippen molar-refractivity contribution in [2.75, 3.05) is 19.7 Å². The highest BCUT2D eigenvalue weighted by atomic mass is 16.5. The van der Waals surface area contributed by atoms with E-state index in [0.29, 0.717) is 6.61 Å². The Labute approximate surface area is 124 Å². The van der Waals surface area contributed by atoms with Gasteiger partial charge in [-0.2, -0.15) is 0 Å². The Bertz CT molecular complexity index is 626. The van der Waals surface area contributed by atoms with Gasteiger partial charge in [0.15, 0.2) is 0 Å². The van der Waals surface area contributed by atoms with Crippen LogP contribution in [-0.2, 0) is 11.3 Å². The molecule has 0 amide bonds. The van der Waals surface area contributed by atoms with Crippen LogP contribution in [0.1, 0.15) is 42.3 Å². The van der Waals surface area contributed by atoms with Crippen molar-refractivity contribution in [2.45, 2.75) is 32.7 Å². The van der Waals surface area contributed by atoms with Crippen molar-refractivity contribution in [2.24, 2.45) is 0 Å². The first kappa shape index (κ1) is 14.1. The summed E-state index contributed by atoms with van der Waals surface area (Å²) in [7, 11) is 0. The quantitative estimate of drug-likeness (QED) is 0.806. The number of esters is 1. The number of hydrogen-bond donors (Lipinski definition) is 0. The maximum Gasteiger partial charge on any atom is 0.374 e. The molecule has 2 heterocycles. The van der Waals surface area contributed by atoms with E-state index in [1.54, 1.807) is 13.0 Å². The number of furan rings is 1. The molecule has 0 aliphatic carbocycles. The van der Waals surface area contributed by atoms with E-state index in [1.165, 1.54) is 37.9 Å². The van der Waals surface area contributed by atoms with Gasteiger partial charge < -0.3 is 9.15 Å². The van der Waals surface area contributed by atoms with E-state index in [-0.39, 0.29) is 5.76 Å². The Kier molecular flexibility index (Phi) is 4.25. The fraction of sp³-hybridized carbons (Fsp3) is 0.471. The molecule has 0 N–H and O–H groups in total. The molecule has 1 aliphatic heterocycles. The van der Waals surface area contributed by atoms with Crippen molar-refractivity contribution >= 4 is 16.9 Å². The predicted molar refractivity (Wildman–Crippen MR) is 81.3 cm³/mol. The van der Waals surface area contributed by atoms with Crippen molar-refractivity contribution in [3.63, 3.8) is 0 Å². The second-order valence-electron chi connectivity index (χ2n) is 5.54. The molecule has 4 nitrogen and oxygen atoms in total. The monoisotopic (exact) mass is 287 g/mol. The smallest absolute Gasteiger partial charge is 0.374 e. The number of hydrogen-bond acceptors (Lipinski definition) is 4. The van der Waals surface area contributed by atoms with E-state index in [1.807, 2.05) is 12.1 Å². The molecule has 1 saturated heterocycles. The van der Waals surface area contributed by atoms with Crippen LogP contribution in [0.4, 0.5) is 0 Å². The number of likely N-dealkylation sites (tertiary alicyclic amines) is 1. The van der Waals surface area contributed by atoms with Gasteiger partial charge in [-0.05, 0) is 50.6 Å². The standard InChI is InChI=1S/C17H21NO3/c1-2-20-17(19)16-11-14-7-6-13(10-15(14)21-16)12-18-8-4-3-5-9-18/h6-7,10-11H,2-5,8-9,12H2,1H3. The first-order chi connectivity index (χ1) is 10.3. The summed E-state index contributed by atoms with van der Waals surface area (Å²) in [4.78, 5) is 14.2. The van der Waals surface area contributed by atoms with Crippen LogP contribution in [-0.4, -0.2) is 30.6 Å². The average Bonchev–Trinajstić information content (AvgIpc) is 2.92. The normalized spacial score (nSPS) is 16.2. The zero-order chi connectivity index (χ0) is 14.7. The van der Waals surface area contributed by atoms with E-state index in [2.05, 4.69) is 11.0 Å². The first-order valence-electron chi connectivity index (χ1n) is 7.68. The van der Waals surface area contributed by atoms with Crippen LogP contribution in [0.25, 0.3) is 11.0 Å². The summed E-state index contributed by atoms with van der Waals surface area (Å²) in [5, 5.41) is 0.945. The molecule has 0 radical (unpaired) electrons. The molecule has 1 fully saturated rings. The summed E-state index contributed by atoms with van der Waals surface area (Å²) in [6.07, 6.45) is 3.92. The lowest BCUT2D eigenvalue weighted by Gasteiger charge is -2.26. The van der Waals surface area contributed by atoms with Gasteiger partial charge in [-0.15, -0.1) is 0 Å². The number of ether oxygens (including phenoxy) is 1. The number of fused-ring (bicyclic) bond motifs is 1. The van der Waals surface area contributed by atoms with E-state index in [4.69, 9.17) is 9.15 Å². The summed E-state index contributed by atoms with van der Waals surface area (Å²) < 4.78 is 10.6. The maximum absolute atomic E-state index is 11.7. The number of nitrogens with zero attached hydrogens (tertiary/aromatic N) is 1. The SMILES string of the molecule is CCOC(=O)c1cc2ccc(CN3CCCCC3)cc2o1. The molecule has 112 valence electrons. The average molecular weight is 287 g/mol. The molecule has 1 aliphatic rings. The van der Waals surface area contributed by atoms with E-state index < -0.39 is 5.97 Å². The van der Waals surface area contributed by atoms with E-state index in [9.17, 15) is 4.79 Å². The van der Waals surface area contributed by atoms with E-state index >= 15 is 0 Å². The molecule has 0 spiro atoms.